The van der Waals surface area contributed by atoms with Gasteiger partial charge in [0.1, 0.15) is 5.82 Å². The molecule has 0 saturated carbocycles. The van der Waals surface area contributed by atoms with Gasteiger partial charge in [-0.3, -0.25) is 9.78 Å². The van der Waals surface area contributed by atoms with Gasteiger partial charge < -0.3 is 10.0 Å². The smallest absolute Gasteiger partial charge is 0.256 e. The van der Waals surface area contributed by atoms with Crippen molar-refractivity contribution in [3.63, 3.8) is 0 Å². The highest BCUT2D eigenvalue weighted by Crippen LogP contribution is 2.34. The first kappa shape index (κ1) is 15.7. The number of rotatable bonds is 2. The van der Waals surface area contributed by atoms with Crippen LogP contribution in [-0.2, 0) is 0 Å². The van der Waals surface area contributed by atoms with Crippen LogP contribution in [0.4, 0.5) is 4.39 Å². The third kappa shape index (κ3) is 2.87. The summed E-state index contributed by atoms with van der Waals surface area (Å²) in [6.07, 6.45) is 3.04. The van der Waals surface area contributed by atoms with Crippen molar-refractivity contribution in [2.75, 3.05) is 6.54 Å². The number of benzene rings is 2. The Balaban J connectivity index is 1.75. The fraction of sp³-hybridized carbons (Fsp3) is 0.200. The second kappa shape index (κ2) is 6.26. The summed E-state index contributed by atoms with van der Waals surface area (Å²) in [6, 6.07) is 13.4. The first-order valence-corrected chi connectivity index (χ1v) is 8.21. The van der Waals surface area contributed by atoms with Crippen LogP contribution in [0.5, 0.6) is 0 Å². The van der Waals surface area contributed by atoms with Gasteiger partial charge in [-0.25, -0.2) is 4.39 Å². The number of hydrogen-bond donors (Lipinski definition) is 1. The van der Waals surface area contributed by atoms with Gasteiger partial charge in [0.2, 0.25) is 0 Å². The zero-order valence-corrected chi connectivity index (χ0v) is 13.5. The highest BCUT2D eigenvalue weighted by molar-refractivity contribution is 6.06. The zero-order chi connectivity index (χ0) is 17.4. The molecule has 0 aliphatic carbocycles. The number of aromatic nitrogens is 1. The van der Waals surface area contributed by atoms with Gasteiger partial charge in [0, 0.05) is 24.3 Å². The molecule has 126 valence electrons. The predicted octanol–water partition coefficient (Wildman–Crippen LogP) is 3.32. The predicted molar refractivity (Wildman–Crippen MR) is 92.5 cm³/mol. The Morgan fingerprint density at radius 2 is 2.00 bits per heavy atom. The molecule has 3 aromatic rings. The number of halogens is 1. The molecule has 1 saturated heterocycles. The normalized spacial score (nSPS) is 20.2. The Kier molecular flexibility index (Phi) is 3.93. The largest absolute Gasteiger partial charge is 0.391 e. The van der Waals surface area contributed by atoms with E-state index in [0.717, 1.165) is 10.8 Å². The molecule has 1 aliphatic rings. The lowest BCUT2D eigenvalue weighted by atomic mass is 10.0. The molecule has 1 amide bonds. The van der Waals surface area contributed by atoms with E-state index in [0.29, 0.717) is 17.5 Å². The molecule has 4 nitrogen and oxygen atoms in total. The lowest BCUT2D eigenvalue weighted by Crippen LogP contribution is -2.32. The van der Waals surface area contributed by atoms with Crippen LogP contribution in [-0.4, -0.2) is 33.5 Å². The lowest BCUT2D eigenvalue weighted by molar-refractivity contribution is 0.0717. The van der Waals surface area contributed by atoms with Crippen LogP contribution in [0, 0.1) is 5.82 Å². The van der Waals surface area contributed by atoms with E-state index in [2.05, 4.69) is 4.98 Å². The Bertz CT molecular complexity index is 938. The number of nitrogens with zero attached hydrogens (tertiary/aromatic N) is 2. The summed E-state index contributed by atoms with van der Waals surface area (Å²) in [5.74, 6) is -0.548. The standard InChI is InChI=1S/C20H17FN2O2/c21-15-6-3-5-13(8-15)19-9-16(24)12-23(19)20(25)18-11-22-10-14-4-1-2-7-17(14)18/h1-8,10-11,16,19,24H,9,12H2/t16-,19+/m0/s1. The van der Waals surface area contributed by atoms with Crippen molar-refractivity contribution in [1.82, 2.24) is 9.88 Å². The van der Waals surface area contributed by atoms with Crippen molar-refractivity contribution in [3.05, 3.63) is 77.9 Å². The lowest BCUT2D eigenvalue weighted by Gasteiger charge is -2.25. The number of hydrogen-bond acceptors (Lipinski definition) is 3. The summed E-state index contributed by atoms with van der Waals surface area (Å²) in [5, 5.41) is 11.8. The van der Waals surface area contributed by atoms with Gasteiger partial charge in [-0.15, -0.1) is 0 Å². The van der Waals surface area contributed by atoms with E-state index >= 15 is 0 Å². The van der Waals surface area contributed by atoms with Crippen LogP contribution in [0.2, 0.25) is 0 Å². The minimum Gasteiger partial charge on any atom is -0.391 e. The van der Waals surface area contributed by atoms with Gasteiger partial charge in [-0.2, -0.15) is 0 Å². The van der Waals surface area contributed by atoms with Crippen LogP contribution >= 0.6 is 0 Å². The van der Waals surface area contributed by atoms with Crippen LogP contribution in [0.3, 0.4) is 0 Å². The molecular weight excluding hydrogens is 319 g/mol. The molecule has 0 bridgehead atoms. The fourth-order valence-corrected chi connectivity index (χ4v) is 3.51. The first-order chi connectivity index (χ1) is 12.1. The number of likely N-dealkylation sites (tertiary alicyclic amines) is 1. The summed E-state index contributed by atoms with van der Waals surface area (Å²) < 4.78 is 13.6. The second-order valence-electron chi connectivity index (χ2n) is 6.33. The van der Waals surface area contributed by atoms with Crippen molar-refractivity contribution in [3.8, 4) is 0 Å². The summed E-state index contributed by atoms with van der Waals surface area (Å²) >= 11 is 0. The van der Waals surface area contributed by atoms with Crippen LogP contribution in [0.25, 0.3) is 10.8 Å². The molecule has 1 N–H and O–H groups in total. The molecule has 1 aromatic heterocycles. The van der Waals surface area contributed by atoms with Gasteiger partial charge in [0.05, 0.1) is 17.7 Å². The molecule has 2 aromatic carbocycles. The third-order valence-corrected chi connectivity index (χ3v) is 4.67. The topological polar surface area (TPSA) is 53.4 Å². The van der Waals surface area contributed by atoms with Crippen LogP contribution < -0.4 is 0 Å². The molecule has 1 aliphatic heterocycles. The number of aliphatic hydroxyl groups is 1. The number of carbonyl (C=O) groups is 1. The van der Waals surface area contributed by atoms with Crippen LogP contribution in [0.1, 0.15) is 28.4 Å². The average Bonchev–Trinajstić information content (AvgIpc) is 3.02. The Morgan fingerprint density at radius 3 is 2.84 bits per heavy atom. The summed E-state index contributed by atoms with van der Waals surface area (Å²) in [6.45, 7) is 0.225. The summed E-state index contributed by atoms with van der Waals surface area (Å²) in [5.41, 5.74) is 1.19. The van der Waals surface area contributed by atoms with E-state index in [9.17, 15) is 14.3 Å². The molecule has 1 fully saturated rings. The molecule has 5 heteroatoms. The van der Waals surface area contributed by atoms with E-state index in [1.54, 1.807) is 29.4 Å². The van der Waals surface area contributed by atoms with Crippen molar-refractivity contribution in [2.24, 2.45) is 0 Å². The molecule has 0 unspecified atom stereocenters. The van der Waals surface area contributed by atoms with E-state index in [-0.39, 0.29) is 24.3 Å². The molecule has 25 heavy (non-hydrogen) atoms. The SMILES string of the molecule is O=C(c1cncc2ccccc12)N1C[C@@H](O)C[C@@H]1c1cccc(F)c1. The maximum Gasteiger partial charge on any atom is 0.256 e. The fourth-order valence-electron chi connectivity index (χ4n) is 3.51. The molecule has 0 radical (unpaired) electrons. The quantitative estimate of drug-likeness (QED) is 0.781. The molecule has 4 rings (SSSR count). The van der Waals surface area contributed by atoms with Gasteiger partial charge in [0.15, 0.2) is 0 Å². The molecule has 0 spiro atoms. The Morgan fingerprint density at radius 1 is 1.16 bits per heavy atom. The molecular formula is C20H17FN2O2. The van der Waals surface area contributed by atoms with E-state index in [4.69, 9.17) is 0 Å². The van der Waals surface area contributed by atoms with Crippen molar-refractivity contribution in [2.45, 2.75) is 18.6 Å². The zero-order valence-electron chi connectivity index (χ0n) is 13.5. The summed E-state index contributed by atoms with van der Waals surface area (Å²) in [4.78, 5) is 18.9. The van der Waals surface area contributed by atoms with Crippen molar-refractivity contribution >= 4 is 16.7 Å². The molecule has 2 heterocycles. The minimum absolute atomic E-state index is 0.199. The maximum absolute atomic E-state index is 13.6. The van der Waals surface area contributed by atoms with Gasteiger partial charge >= 0.3 is 0 Å². The monoisotopic (exact) mass is 336 g/mol. The van der Waals surface area contributed by atoms with E-state index in [1.165, 1.54) is 12.1 Å². The second-order valence-corrected chi connectivity index (χ2v) is 6.33. The average molecular weight is 336 g/mol. The maximum atomic E-state index is 13.6. The minimum atomic E-state index is -0.625. The highest BCUT2D eigenvalue weighted by Gasteiger charge is 2.36. The van der Waals surface area contributed by atoms with Crippen LogP contribution in [0.15, 0.2) is 60.9 Å². The number of amides is 1. The van der Waals surface area contributed by atoms with Gasteiger partial charge in [-0.05, 0) is 29.5 Å². The third-order valence-electron chi connectivity index (χ3n) is 4.67. The van der Waals surface area contributed by atoms with Crippen molar-refractivity contribution < 1.29 is 14.3 Å². The number of aliphatic hydroxyl groups excluding tert-OH is 1. The Labute approximate surface area is 144 Å². The highest BCUT2D eigenvalue weighted by atomic mass is 19.1. The van der Waals surface area contributed by atoms with E-state index in [1.807, 2.05) is 24.3 Å². The first-order valence-electron chi connectivity index (χ1n) is 8.21. The number of pyridine rings is 1. The number of β-amino-alcohol motifs (C(OH)–C–C–N with tert-alkyl or cyclic N) is 1. The number of fused-ring (bicyclic) bond motifs is 1. The van der Waals surface area contributed by atoms with Gasteiger partial charge in [0.25, 0.3) is 5.91 Å². The Hall–Kier alpha value is -2.79. The number of carbonyl (C=O) groups excluding carboxylic acids is 1. The van der Waals surface area contributed by atoms with Gasteiger partial charge in [-0.1, -0.05) is 36.4 Å². The molecule has 2 atom stereocenters. The van der Waals surface area contributed by atoms with E-state index < -0.39 is 6.10 Å². The summed E-state index contributed by atoms with van der Waals surface area (Å²) in [7, 11) is 0. The van der Waals surface area contributed by atoms with Crippen molar-refractivity contribution in [1.29, 1.82) is 0 Å².